The molecule has 1 saturated heterocycles. The summed E-state index contributed by atoms with van der Waals surface area (Å²) in [5.74, 6) is 0.975. The maximum Gasteiger partial charge on any atom is 0.225 e. The smallest absolute Gasteiger partial charge is 0.225 e. The number of aromatic nitrogens is 2. The summed E-state index contributed by atoms with van der Waals surface area (Å²) in [6, 6.07) is 14.5. The topological polar surface area (TPSA) is 84.4 Å². The zero-order valence-electron chi connectivity index (χ0n) is 19.7. The Kier molecular flexibility index (Phi) is 5.75. The fourth-order valence-electron chi connectivity index (χ4n) is 6.00. The van der Waals surface area contributed by atoms with E-state index < -0.39 is 6.10 Å². The Bertz CT molecular complexity index is 1180. The van der Waals surface area contributed by atoms with Crippen LogP contribution in [0.15, 0.2) is 42.5 Å². The Labute approximate surface area is 195 Å². The largest absolute Gasteiger partial charge is 0.390 e. The zero-order valence-corrected chi connectivity index (χ0v) is 19.7. The minimum Gasteiger partial charge on any atom is -0.390 e. The Morgan fingerprint density at radius 2 is 2.03 bits per heavy atom. The standard InChI is InChI=1S/C27H34N4O2/c1-16(2)27-29-21-12-17(3)8-9-22(21)31(27)23-10-11-30(15-24(23)32)14-19-13-18-6-4-5-7-20(18)25(19)26(28)33/h4-9,12,16,19,23-25,32H,10-11,13-15H2,1-3H3,(H2,28,33)/t19?,23?,24-,25?/m1/s1. The van der Waals surface area contributed by atoms with E-state index in [1.807, 2.05) is 18.2 Å². The van der Waals surface area contributed by atoms with Gasteiger partial charge in [0.05, 0.1) is 29.1 Å². The Morgan fingerprint density at radius 1 is 1.24 bits per heavy atom. The minimum atomic E-state index is -0.495. The lowest BCUT2D eigenvalue weighted by Crippen LogP contribution is -2.47. The lowest BCUT2D eigenvalue weighted by atomic mass is 9.90. The van der Waals surface area contributed by atoms with Crippen molar-refractivity contribution in [3.05, 3.63) is 65.0 Å². The second-order valence-corrected chi connectivity index (χ2v) is 10.2. The van der Waals surface area contributed by atoms with E-state index in [2.05, 4.69) is 54.5 Å². The highest BCUT2D eigenvalue weighted by molar-refractivity contribution is 5.84. The van der Waals surface area contributed by atoms with Crippen molar-refractivity contribution in [3.63, 3.8) is 0 Å². The number of aryl methyl sites for hydroxylation is 1. The molecule has 174 valence electrons. The molecule has 1 amide bonds. The number of aliphatic hydroxyl groups is 1. The molecule has 1 fully saturated rings. The van der Waals surface area contributed by atoms with Crippen molar-refractivity contribution in [1.29, 1.82) is 0 Å². The van der Waals surface area contributed by atoms with E-state index >= 15 is 0 Å². The number of β-amino-alcohol motifs (C(OH)–C–C–N with tert-alkyl or cyclic N) is 1. The van der Waals surface area contributed by atoms with Gasteiger partial charge in [0.2, 0.25) is 5.91 Å². The van der Waals surface area contributed by atoms with Crippen LogP contribution in [0, 0.1) is 12.8 Å². The van der Waals surface area contributed by atoms with Crippen LogP contribution in [0.2, 0.25) is 0 Å². The van der Waals surface area contributed by atoms with Crippen molar-refractivity contribution < 1.29 is 9.90 Å². The summed E-state index contributed by atoms with van der Waals surface area (Å²) in [5.41, 5.74) is 11.4. The summed E-state index contributed by atoms with van der Waals surface area (Å²) in [4.78, 5) is 19.5. The molecule has 3 aromatic rings. The number of primary amides is 1. The second-order valence-electron chi connectivity index (χ2n) is 10.2. The van der Waals surface area contributed by atoms with Crippen LogP contribution in [0.25, 0.3) is 11.0 Å². The van der Waals surface area contributed by atoms with E-state index in [0.29, 0.717) is 6.54 Å². The fourth-order valence-corrected chi connectivity index (χ4v) is 6.00. The normalized spacial score (nSPS) is 25.6. The second kappa shape index (κ2) is 8.58. The number of hydrogen-bond acceptors (Lipinski definition) is 4. The summed E-state index contributed by atoms with van der Waals surface area (Å²) in [6.07, 6.45) is 1.22. The highest BCUT2D eigenvalue weighted by atomic mass is 16.3. The quantitative estimate of drug-likeness (QED) is 0.628. The molecule has 1 aliphatic carbocycles. The van der Waals surface area contributed by atoms with Crippen LogP contribution in [0.3, 0.4) is 0 Å². The maximum absolute atomic E-state index is 12.3. The predicted molar refractivity (Wildman–Crippen MR) is 130 cm³/mol. The van der Waals surface area contributed by atoms with Crippen molar-refractivity contribution in [2.45, 2.75) is 57.6 Å². The van der Waals surface area contributed by atoms with Gasteiger partial charge in [-0.2, -0.15) is 0 Å². The molecular weight excluding hydrogens is 412 g/mol. The molecule has 4 atom stereocenters. The summed E-state index contributed by atoms with van der Waals surface area (Å²) < 4.78 is 2.28. The zero-order chi connectivity index (χ0) is 23.3. The first-order chi connectivity index (χ1) is 15.8. The van der Waals surface area contributed by atoms with E-state index in [1.165, 1.54) is 11.1 Å². The van der Waals surface area contributed by atoms with Crippen LogP contribution < -0.4 is 5.73 Å². The van der Waals surface area contributed by atoms with Gasteiger partial charge in [-0.25, -0.2) is 4.98 Å². The van der Waals surface area contributed by atoms with Crippen molar-refractivity contribution in [2.75, 3.05) is 19.6 Å². The van der Waals surface area contributed by atoms with Crippen LogP contribution in [0.1, 0.15) is 60.7 Å². The molecule has 2 heterocycles. The minimum absolute atomic E-state index is 0.000862. The lowest BCUT2D eigenvalue weighted by Gasteiger charge is -2.39. The third-order valence-electron chi connectivity index (χ3n) is 7.49. The molecule has 5 rings (SSSR count). The van der Waals surface area contributed by atoms with Gasteiger partial charge in [-0.3, -0.25) is 4.79 Å². The number of imidazole rings is 1. The number of nitrogens with two attached hydrogens (primary N) is 1. The van der Waals surface area contributed by atoms with E-state index in [4.69, 9.17) is 10.7 Å². The average Bonchev–Trinajstić information content (AvgIpc) is 3.31. The summed E-state index contributed by atoms with van der Waals surface area (Å²) >= 11 is 0. The molecule has 1 aromatic heterocycles. The molecule has 0 spiro atoms. The van der Waals surface area contributed by atoms with Gasteiger partial charge in [0.1, 0.15) is 5.82 Å². The van der Waals surface area contributed by atoms with Crippen molar-refractivity contribution in [3.8, 4) is 0 Å². The maximum atomic E-state index is 12.3. The van der Waals surface area contributed by atoms with Crippen LogP contribution in [-0.4, -0.2) is 51.2 Å². The number of hydrogen-bond donors (Lipinski definition) is 2. The van der Waals surface area contributed by atoms with Gasteiger partial charge in [0.15, 0.2) is 0 Å². The van der Waals surface area contributed by atoms with Gasteiger partial charge in [-0.1, -0.05) is 44.2 Å². The molecule has 0 bridgehead atoms. The first-order valence-electron chi connectivity index (χ1n) is 12.1. The Hall–Kier alpha value is -2.70. The lowest BCUT2D eigenvalue weighted by molar-refractivity contribution is -0.120. The fraction of sp³-hybridized carbons (Fsp3) is 0.481. The van der Waals surface area contributed by atoms with Crippen molar-refractivity contribution in [1.82, 2.24) is 14.5 Å². The van der Waals surface area contributed by atoms with Gasteiger partial charge in [-0.05, 0) is 54.5 Å². The first-order valence-corrected chi connectivity index (χ1v) is 12.1. The van der Waals surface area contributed by atoms with E-state index in [0.717, 1.165) is 48.4 Å². The van der Waals surface area contributed by atoms with Gasteiger partial charge in [0, 0.05) is 25.6 Å². The molecule has 1 aliphatic heterocycles. The number of nitrogens with zero attached hydrogens (tertiary/aromatic N) is 3. The number of piperidine rings is 1. The van der Waals surface area contributed by atoms with Crippen molar-refractivity contribution >= 4 is 16.9 Å². The highest BCUT2D eigenvalue weighted by Gasteiger charge is 2.39. The van der Waals surface area contributed by atoms with Crippen molar-refractivity contribution in [2.24, 2.45) is 11.7 Å². The van der Waals surface area contributed by atoms with Crippen LogP contribution >= 0.6 is 0 Å². The molecule has 6 heteroatoms. The summed E-state index contributed by atoms with van der Waals surface area (Å²) in [7, 11) is 0. The number of carbonyl (C=O) groups excluding carboxylic acids is 1. The third kappa shape index (κ3) is 3.96. The first kappa shape index (κ1) is 22.1. The molecular formula is C27H34N4O2. The van der Waals surface area contributed by atoms with Crippen LogP contribution in [-0.2, 0) is 11.2 Å². The molecule has 0 saturated carbocycles. The van der Waals surface area contributed by atoms with E-state index in [9.17, 15) is 9.90 Å². The summed E-state index contributed by atoms with van der Waals surface area (Å²) in [6.45, 7) is 8.64. The van der Waals surface area contributed by atoms with E-state index in [1.54, 1.807) is 0 Å². The summed E-state index contributed by atoms with van der Waals surface area (Å²) in [5, 5.41) is 11.3. The van der Waals surface area contributed by atoms with E-state index in [-0.39, 0.29) is 29.7 Å². The molecule has 3 N–H and O–H groups in total. The average molecular weight is 447 g/mol. The number of benzene rings is 2. The van der Waals surface area contributed by atoms with Crippen LogP contribution in [0.4, 0.5) is 0 Å². The predicted octanol–water partition coefficient (Wildman–Crippen LogP) is 3.52. The molecule has 2 aromatic carbocycles. The number of rotatable bonds is 5. The van der Waals surface area contributed by atoms with Gasteiger partial charge < -0.3 is 20.3 Å². The number of aliphatic hydroxyl groups excluding tert-OH is 1. The van der Waals surface area contributed by atoms with Gasteiger partial charge in [0.25, 0.3) is 0 Å². The molecule has 2 aliphatic rings. The Balaban J connectivity index is 1.35. The number of amides is 1. The molecule has 6 nitrogen and oxygen atoms in total. The monoisotopic (exact) mass is 446 g/mol. The molecule has 0 radical (unpaired) electrons. The van der Waals surface area contributed by atoms with Gasteiger partial charge in [-0.15, -0.1) is 0 Å². The number of fused-ring (bicyclic) bond motifs is 2. The third-order valence-corrected chi connectivity index (χ3v) is 7.49. The number of carbonyl (C=O) groups is 1. The molecule has 33 heavy (non-hydrogen) atoms. The molecule has 3 unspecified atom stereocenters. The van der Waals surface area contributed by atoms with Gasteiger partial charge >= 0.3 is 0 Å². The highest BCUT2D eigenvalue weighted by Crippen LogP contribution is 2.39. The Morgan fingerprint density at radius 3 is 2.76 bits per heavy atom. The number of likely N-dealkylation sites (tertiary alicyclic amines) is 1. The SMILES string of the molecule is Cc1ccc2c(c1)nc(C(C)C)n2C1CCN(CC2Cc3ccccc3C2C(N)=O)C[C@H]1O. The van der Waals surface area contributed by atoms with Crippen LogP contribution in [0.5, 0.6) is 0 Å².